The van der Waals surface area contributed by atoms with Crippen LogP contribution in [-0.2, 0) is 20.7 Å². The van der Waals surface area contributed by atoms with Gasteiger partial charge in [-0.2, -0.15) is 0 Å². The smallest absolute Gasteiger partial charge is 0.326 e. The second-order valence-electron chi connectivity index (χ2n) is 4.50. The van der Waals surface area contributed by atoms with Gasteiger partial charge in [0, 0.05) is 20.1 Å². The van der Waals surface area contributed by atoms with Crippen molar-refractivity contribution in [1.82, 2.24) is 10.6 Å². The molecule has 1 aromatic rings. The SMILES string of the molecule is COCCNCC(=O)N[C@H](Cc1ccc(O)cc1)C(=O)O. The molecule has 1 aromatic carbocycles. The number of ether oxygens (including phenoxy) is 1. The highest BCUT2D eigenvalue weighted by molar-refractivity contribution is 5.84. The fraction of sp³-hybridized carbons (Fsp3) is 0.429. The molecule has 0 fully saturated rings. The lowest BCUT2D eigenvalue weighted by molar-refractivity contribution is -0.141. The number of carbonyl (C=O) groups is 2. The summed E-state index contributed by atoms with van der Waals surface area (Å²) in [5.41, 5.74) is 0.716. The van der Waals surface area contributed by atoms with E-state index in [2.05, 4.69) is 10.6 Å². The van der Waals surface area contributed by atoms with E-state index in [1.165, 1.54) is 12.1 Å². The van der Waals surface area contributed by atoms with Crippen molar-refractivity contribution in [3.63, 3.8) is 0 Å². The number of aliphatic carboxylic acids is 1. The molecule has 0 unspecified atom stereocenters. The van der Waals surface area contributed by atoms with Gasteiger partial charge in [-0.1, -0.05) is 12.1 Å². The van der Waals surface area contributed by atoms with E-state index in [9.17, 15) is 14.7 Å². The first-order valence-corrected chi connectivity index (χ1v) is 6.52. The molecule has 0 aromatic heterocycles. The van der Waals surface area contributed by atoms with E-state index in [0.717, 1.165) is 0 Å². The van der Waals surface area contributed by atoms with Crippen molar-refractivity contribution in [3.05, 3.63) is 29.8 Å². The molecule has 0 bridgehead atoms. The highest BCUT2D eigenvalue weighted by Crippen LogP contribution is 2.11. The van der Waals surface area contributed by atoms with E-state index in [0.29, 0.717) is 18.7 Å². The molecule has 0 saturated carbocycles. The summed E-state index contributed by atoms with van der Waals surface area (Å²) in [5, 5.41) is 23.6. The molecular formula is C14H20N2O5. The van der Waals surface area contributed by atoms with Crippen LogP contribution >= 0.6 is 0 Å². The van der Waals surface area contributed by atoms with Gasteiger partial charge in [0.05, 0.1) is 13.2 Å². The predicted molar refractivity (Wildman–Crippen MR) is 76.1 cm³/mol. The minimum atomic E-state index is -1.10. The number of amides is 1. The first-order valence-electron chi connectivity index (χ1n) is 6.52. The molecule has 7 heteroatoms. The number of aromatic hydroxyl groups is 1. The van der Waals surface area contributed by atoms with Gasteiger partial charge in [0.15, 0.2) is 0 Å². The van der Waals surface area contributed by atoms with Crippen LogP contribution in [0.3, 0.4) is 0 Å². The molecule has 1 amide bonds. The van der Waals surface area contributed by atoms with Crippen molar-refractivity contribution in [2.75, 3.05) is 26.8 Å². The van der Waals surface area contributed by atoms with Gasteiger partial charge in [0.25, 0.3) is 0 Å². The van der Waals surface area contributed by atoms with Crippen molar-refractivity contribution in [1.29, 1.82) is 0 Å². The van der Waals surface area contributed by atoms with Crippen LogP contribution in [0, 0.1) is 0 Å². The number of methoxy groups -OCH3 is 1. The summed E-state index contributed by atoms with van der Waals surface area (Å²) in [7, 11) is 1.56. The zero-order valence-electron chi connectivity index (χ0n) is 11.8. The summed E-state index contributed by atoms with van der Waals surface area (Å²) < 4.78 is 4.82. The van der Waals surface area contributed by atoms with Gasteiger partial charge >= 0.3 is 5.97 Å². The average molecular weight is 296 g/mol. The largest absolute Gasteiger partial charge is 0.508 e. The Bertz CT molecular complexity index is 461. The highest BCUT2D eigenvalue weighted by atomic mass is 16.5. The number of phenols is 1. The molecule has 116 valence electrons. The predicted octanol–water partition coefficient (Wildman–Crippen LogP) is -0.260. The first kappa shape index (κ1) is 16.9. The monoisotopic (exact) mass is 296 g/mol. The maximum absolute atomic E-state index is 11.6. The summed E-state index contributed by atoms with van der Waals surface area (Å²) in [4.78, 5) is 22.8. The van der Waals surface area contributed by atoms with Crippen LogP contribution < -0.4 is 10.6 Å². The Morgan fingerprint density at radius 2 is 1.95 bits per heavy atom. The number of carbonyl (C=O) groups excluding carboxylic acids is 1. The van der Waals surface area contributed by atoms with Crippen molar-refractivity contribution in [2.45, 2.75) is 12.5 Å². The third-order valence-electron chi connectivity index (χ3n) is 2.78. The third-order valence-corrected chi connectivity index (χ3v) is 2.78. The molecule has 1 rings (SSSR count). The summed E-state index contributed by atoms with van der Waals surface area (Å²) in [6.45, 7) is 1.02. The number of hydrogen-bond acceptors (Lipinski definition) is 5. The fourth-order valence-corrected chi connectivity index (χ4v) is 1.69. The van der Waals surface area contributed by atoms with Crippen molar-refractivity contribution in [3.8, 4) is 5.75 Å². The van der Waals surface area contributed by atoms with Crippen LogP contribution in [0.5, 0.6) is 5.75 Å². The topological polar surface area (TPSA) is 108 Å². The Labute approximate surface area is 122 Å². The summed E-state index contributed by atoms with van der Waals surface area (Å²) in [5.74, 6) is -1.39. The maximum Gasteiger partial charge on any atom is 0.326 e. The van der Waals surface area contributed by atoms with Gasteiger partial charge in [-0.25, -0.2) is 4.79 Å². The van der Waals surface area contributed by atoms with Gasteiger partial charge in [0.2, 0.25) is 5.91 Å². The van der Waals surface area contributed by atoms with Crippen molar-refractivity contribution < 1.29 is 24.5 Å². The quantitative estimate of drug-likeness (QED) is 0.468. The standard InChI is InChI=1S/C14H20N2O5/c1-21-7-6-15-9-13(18)16-12(14(19)20)8-10-2-4-11(17)5-3-10/h2-5,12,15,17H,6-9H2,1H3,(H,16,18)(H,19,20)/t12-/m1/s1. The molecule has 0 aliphatic rings. The lowest BCUT2D eigenvalue weighted by Gasteiger charge is -2.15. The number of nitrogens with one attached hydrogen (secondary N) is 2. The third kappa shape index (κ3) is 6.73. The van der Waals surface area contributed by atoms with E-state index in [4.69, 9.17) is 9.84 Å². The Morgan fingerprint density at radius 1 is 1.29 bits per heavy atom. The molecule has 7 nitrogen and oxygen atoms in total. The van der Waals surface area contributed by atoms with E-state index in [-0.39, 0.29) is 18.7 Å². The number of carboxylic acid groups (broad SMARTS) is 1. The zero-order chi connectivity index (χ0) is 15.7. The molecule has 0 saturated heterocycles. The van der Waals surface area contributed by atoms with E-state index in [1.807, 2.05) is 0 Å². The molecule has 0 aliphatic heterocycles. The highest BCUT2D eigenvalue weighted by Gasteiger charge is 2.20. The zero-order valence-corrected chi connectivity index (χ0v) is 11.8. The van der Waals surface area contributed by atoms with E-state index in [1.54, 1.807) is 19.2 Å². The van der Waals surface area contributed by atoms with Crippen LogP contribution in [0.15, 0.2) is 24.3 Å². The van der Waals surface area contributed by atoms with Crippen molar-refractivity contribution in [2.24, 2.45) is 0 Å². The van der Waals surface area contributed by atoms with Crippen LogP contribution in [0.25, 0.3) is 0 Å². The van der Waals surface area contributed by atoms with Crippen LogP contribution in [0.4, 0.5) is 0 Å². The van der Waals surface area contributed by atoms with Crippen LogP contribution in [0.1, 0.15) is 5.56 Å². The molecule has 1 atom stereocenters. The minimum absolute atomic E-state index is 0.0305. The molecule has 0 spiro atoms. The molecular weight excluding hydrogens is 276 g/mol. The second kappa shape index (κ2) is 8.93. The maximum atomic E-state index is 11.6. The Hall–Kier alpha value is -2.12. The fourth-order valence-electron chi connectivity index (χ4n) is 1.69. The number of carboxylic acids is 1. The number of rotatable bonds is 9. The Morgan fingerprint density at radius 3 is 2.52 bits per heavy atom. The van der Waals surface area contributed by atoms with Crippen LogP contribution in [-0.4, -0.2) is 54.9 Å². The van der Waals surface area contributed by atoms with Gasteiger partial charge in [-0.05, 0) is 17.7 Å². The molecule has 0 aliphatic carbocycles. The minimum Gasteiger partial charge on any atom is -0.508 e. The lowest BCUT2D eigenvalue weighted by Crippen LogP contribution is -2.46. The average Bonchev–Trinajstić information content (AvgIpc) is 2.45. The van der Waals surface area contributed by atoms with Gasteiger partial charge < -0.3 is 25.6 Å². The Balaban J connectivity index is 2.48. The summed E-state index contributed by atoms with van der Waals surface area (Å²) >= 11 is 0. The number of hydrogen-bond donors (Lipinski definition) is 4. The van der Waals surface area contributed by atoms with Crippen molar-refractivity contribution >= 4 is 11.9 Å². The molecule has 0 radical (unpaired) electrons. The van der Waals surface area contributed by atoms with Gasteiger partial charge in [0.1, 0.15) is 11.8 Å². The summed E-state index contributed by atoms with van der Waals surface area (Å²) in [6, 6.07) is 5.18. The normalized spacial score (nSPS) is 11.9. The van der Waals surface area contributed by atoms with Gasteiger partial charge in [-0.15, -0.1) is 0 Å². The van der Waals surface area contributed by atoms with Gasteiger partial charge in [-0.3, -0.25) is 4.79 Å². The summed E-state index contributed by atoms with van der Waals surface area (Å²) in [6.07, 6.45) is 0.152. The van der Waals surface area contributed by atoms with E-state index >= 15 is 0 Å². The second-order valence-corrected chi connectivity index (χ2v) is 4.50. The Kier molecular flexibility index (Phi) is 7.20. The molecule has 4 N–H and O–H groups in total. The number of benzene rings is 1. The van der Waals surface area contributed by atoms with Crippen LogP contribution in [0.2, 0.25) is 0 Å². The first-order chi connectivity index (χ1) is 10.0. The lowest BCUT2D eigenvalue weighted by atomic mass is 10.1. The van der Waals surface area contributed by atoms with E-state index < -0.39 is 17.9 Å². The number of phenolic OH excluding ortho intramolecular Hbond substituents is 1. The molecule has 0 heterocycles. The molecule has 21 heavy (non-hydrogen) atoms.